The zero-order chi connectivity index (χ0) is 8.54. The van der Waals surface area contributed by atoms with Crippen molar-refractivity contribution < 1.29 is 14.6 Å². The molecule has 3 heteroatoms. The van der Waals surface area contributed by atoms with E-state index in [-0.39, 0.29) is 6.61 Å². The van der Waals surface area contributed by atoms with Crippen molar-refractivity contribution in [3.8, 4) is 0 Å². The first-order chi connectivity index (χ1) is 4.97. The van der Waals surface area contributed by atoms with Gasteiger partial charge in [-0.05, 0) is 26.7 Å². The van der Waals surface area contributed by atoms with Gasteiger partial charge in [0, 0.05) is 0 Å². The van der Waals surface area contributed by atoms with Crippen molar-refractivity contribution >= 4 is 6.29 Å². The maximum Gasteiger partial charge on any atom is 0.151 e. The number of hydrogen-bond acceptors (Lipinski definition) is 3. The fourth-order valence-corrected chi connectivity index (χ4v) is 1.08. The molecule has 1 aliphatic heterocycles. The highest BCUT2D eigenvalue weighted by atomic mass is 16.5. The molecule has 0 bridgehead atoms. The normalized spacial score (nSPS) is 45.4. The van der Waals surface area contributed by atoms with Crippen LogP contribution in [0.2, 0.25) is 0 Å². The number of carbonyl (C=O) groups is 1. The Morgan fingerprint density at radius 3 is 2.45 bits per heavy atom. The number of carbonyl (C=O) groups excluding carboxylic acids is 1. The van der Waals surface area contributed by atoms with Crippen molar-refractivity contribution in [1.29, 1.82) is 0 Å². The molecular formula is C8H14O3. The summed E-state index contributed by atoms with van der Waals surface area (Å²) in [6.07, 6.45) is 2.04. The Bertz CT molecular complexity index is 153. The second kappa shape index (κ2) is 2.57. The molecule has 0 amide bonds. The summed E-state index contributed by atoms with van der Waals surface area (Å²) in [6, 6.07) is 0. The minimum atomic E-state index is -0.748. The van der Waals surface area contributed by atoms with E-state index in [1.807, 2.05) is 0 Å². The Morgan fingerprint density at radius 1 is 1.45 bits per heavy atom. The number of rotatable bonds is 1. The zero-order valence-corrected chi connectivity index (χ0v) is 6.96. The summed E-state index contributed by atoms with van der Waals surface area (Å²) < 4.78 is 5.21. The summed E-state index contributed by atoms with van der Waals surface area (Å²) in [6.45, 7) is 3.72. The van der Waals surface area contributed by atoms with Crippen molar-refractivity contribution in [3.63, 3.8) is 0 Å². The molecule has 0 aliphatic carbocycles. The summed E-state index contributed by atoms with van der Waals surface area (Å²) in [5.41, 5.74) is -1.41. The summed E-state index contributed by atoms with van der Waals surface area (Å²) in [7, 11) is 0. The molecule has 2 unspecified atom stereocenters. The second-order valence-electron chi connectivity index (χ2n) is 3.72. The Balaban J connectivity index is 2.54. The van der Waals surface area contributed by atoms with Gasteiger partial charge in [-0.25, -0.2) is 0 Å². The van der Waals surface area contributed by atoms with Gasteiger partial charge >= 0.3 is 0 Å². The van der Waals surface area contributed by atoms with Crippen LogP contribution >= 0.6 is 0 Å². The van der Waals surface area contributed by atoms with Crippen molar-refractivity contribution in [1.82, 2.24) is 0 Å². The number of hydrogen-bond donors (Lipinski definition) is 1. The standard InChI is InChI=1S/C8H14O3/c1-7(10)3-4-8(2,5-9)11-6-7/h5,10H,3-4,6H2,1-2H3. The summed E-state index contributed by atoms with van der Waals surface area (Å²) in [5.74, 6) is 0. The molecule has 1 fully saturated rings. The van der Waals surface area contributed by atoms with Gasteiger partial charge in [-0.2, -0.15) is 0 Å². The van der Waals surface area contributed by atoms with Crippen LogP contribution in [0.15, 0.2) is 0 Å². The summed E-state index contributed by atoms with van der Waals surface area (Å²) >= 11 is 0. The Hall–Kier alpha value is -0.410. The van der Waals surface area contributed by atoms with Crippen LogP contribution in [-0.4, -0.2) is 29.2 Å². The SMILES string of the molecule is CC1(O)CCC(C)(C=O)OC1. The second-order valence-corrected chi connectivity index (χ2v) is 3.72. The third-order valence-corrected chi connectivity index (χ3v) is 2.12. The van der Waals surface area contributed by atoms with E-state index in [1.165, 1.54) is 0 Å². The molecule has 0 spiro atoms. The van der Waals surface area contributed by atoms with E-state index in [0.29, 0.717) is 12.8 Å². The maximum atomic E-state index is 10.5. The largest absolute Gasteiger partial charge is 0.388 e. The molecule has 2 atom stereocenters. The minimum Gasteiger partial charge on any atom is -0.388 e. The lowest BCUT2D eigenvalue weighted by molar-refractivity contribution is -0.162. The lowest BCUT2D eigenvalue weighted by Gasteiger charge is -2.37. The van der Waals surface area contributed by atoms with Gasteiger partial charge in [-0.15, -0.1) is 0 Å². The predicted molar refractivity (Wildman–Crippen MR) is 40.3 cm³/mol. The van der Waals surface area contributed by atoms with Gasteiger partial charge in [0.15, 0.2) is 6.29 Å². The zero-order valence-electron chi connectivity index (χ0n) is 6.96. The highest BCUT2D eigenvalue weighted by Gasteiger charge is 2.36. The average Bonchev–Trinajstić information content (AvgIpc) is 1.97. The van der Waals surface area contributed by atoms with Gasteiger partial charge in [0.25, 0.3) is 0 Å². The monoisotopic (exact) mass is 158 g/mol. The van der Waals surface area contributed by atoms with E-state index in [2.05, 4.69) is 0 Å². The van der Waals surface area contributed by atoms with Gasteiger partial charge in [0.1, 0.15) is 5.60 Å². The first-order valence-corrected chi connectivity index (χ1v) is 3.80. The van der Waals surface area contributed by atoms with Crippen LogP contribution in [0, 0.1) is 0 Å². The summed E-state index contributed by atoms with van der Waals surface area (Å²) in [5, 5.41) is 9.46. The van der Waals surface area contributed by atoms with E-state index in [1.54, 1.807) is 13.8 Å². The molecule has 1 rings (SSSR count). The molecule has 64 valence electrons. The molecule has 1 aliphatic rings. The van der Waals surface area contributed by atoms with Crippen molar-refractivity contribution in [2.45, 2.75) is 37.9 Å². The van der Waals surface area contributed by atoms with Crippen LogP contribution in [0.1, 0.15) is 26.7 Å². The van der Waals surface area contributed by atoms with Gasteiger partial charge in [-0.1, -0.05) is 0 Å². The van der Waals surface area contributed by atoms with Crippen LogP contribution in [-0.2, 0) is 9.53 Å². The number of ether oxygens (including phenoxy) is 1. The van der Waals surface area contributed by atoms with Crippen molar-refractivity contribution in [2.24, 2.45) is 0 Å². The summed E-state index contributed by atoms with van der Waals surface area (Å²) in [4.78, 5) is 10.5. The lowest BCUT2D eigenvalue weighted by Crippen LogP contribution is -2.46. The van der Waals surface area contributed by atoms with E-state index < -0.39 is 11.2 Å². The fraction of sp³-hybridized carbons (Fsp3) is 0.875. The Morgan fingerprint density at radius 2 is 2.09 bits per heavy atom. The molecule has 0 aromatic carbocycles. The molecule has 1 heterocycles. The molecule has 3 nitrogen and oxygen atoms in total. The van der Waals surface area contributed by atoms with Gasteiger partial charge in [0.05, 0.1) is 12.2 Å². The van der Waals surface area contributed by atoms with Crippen LogP contribution in [0.3, 0.4) is 0 Å². The molecule has 0 aromatic heterocycles. The quantitative estimate of drug-likeness (QED) is 0.565. The van der Waals surface area contributed by atoms with Crippen LogP contribution in [0.25, 0.3) is 0 Å². The minimum absolute atomic E-state index is 0.252. The third kappa shape index (κ3) is 2.01. The third-order valence-electron chi connectivity index (χ3n) is 2.12. The topological polar surface area (TPSA) is 46.5 Å². The van der Waals surface area contributed by atoms with Crippen LogP contribution < -0.4 is 0 Å². The maximum absolute atomic E-state index is 10.5. The van der Waals surface area contributed by atoms with Crippen LogP contribution in [0.4, 0.5) is 0 Å². The average molecular weight is 158 g/mol. The predicted octanol–water partition coefficient (Wildman–Crippen LogP) is 0.505. The molecule has 1 N–H and O–H groups in total. The van der Waals surface area contributed by atoms with Crippen molar-refractivity contribution in [3.05, 3.63) is 0 Å². The van der Waals surface area contributed by atoms with E-state index in [4.69, 9.17) is 4.74 Å². The van der Waals surface area contributed by atoms with Gasteiger partial charge in [-0.3, -0.25) is 0 Å². The highest BCUT2D eigenvalue weighted by molar-refractivity contribution is 5.61. The van der Waals surface area contributed by atoms with Crippen LogP contribution in [0.5, 0.6) is 0 Å². The lowest BCUT2D eigenvalue weighted by atomic mass is 9.89. The van der Waals surface area contributed by atoms with E-state index in [9.17, 15) is 9.90 Å². The molecule has 0 aromatic rings. The molecule has 11 heavy (non-hydrogen) atoms. The Kier molecular flexibility index (Phi) is 2.03. The highest BCUT2D eigenvalue weighted by Crippen LogP contribution is 2.28. The van der Waals surface area contributed by atoms with Crippen molar-refractivity contribution in [2.75, 3.05) is 6.61 Å². The molecule has 0 radical (unpaired) electrons. The first-order valence-electron chi connectivity index (χ1n) is 3.80. The molecule has 1 saturated heterocycles. The van der Waals surface area contributed by atoms with Gasteiger partial charge < -0.3 is 14.6 Å². The first kappa shape index (κ1) is 8.68. The van der Waals surface area contributed by atoms with E-state index in [0.717, 1.165) is 6.29 Å². The molecule has 0 saturated carbocycles. The number of aliphatic hydroxyl groups is 1. The fourth-order valence-electron chi connectivity index (χ4n) is 1.08. The van der Waals surface area contributed by atoms with E-state index >= 15 is 0 Å². The van der Waals surface area contributed by atoms with Gasteiger partial charge in [0.2, 0.25) is 0 Å². The number of aldehydes is 1. The molecular weight excluding hydrogens is 144 g/mol. The Labute approximate surface area is 66.4 Å². The smallest absolute Gasteiger partial charge is 0.151 e.